The minimum atomic E-state index is 0.168. The molecule has 0 saturated carbocycles. The highest BCUT2D eigenvalue weighted by Gasteiger charge is 2.10. The zero-order valence-corrected chi connectivity index (χ0v) is 12.2. The molecule has 0 amide bonds. The zero-order valence-electron chi connectivity index (χ0n) is 11.4. The van der Waals surface area contributed by atoms with Crippen LogP contribution in [0.3, 0.4) is 0 Å². The van der Waals surface area contributed by atoms with E-state index < -0.39 is 0 Å². The van der Waals surface area contributed by atoms with E-state index in [1.807, 2.05) is 17.8 Å². The second-order valence-electron chi connectivity index (χ2n) is 5.46. The van der Waals surface area contributed by atoms with Crippen LogP contribution >= 0.6 is 11.3 Å². The van der Waals surface area contributed by atoms with E-state index in [4.69, 9.17) is 0 Å². The van der Waals surface area contributed by atoms with Crippen molar-refractivity contribution in [3.63, 3.8) is 0 Å². The fourth-order valence-corrected chi connectivity index (χ4v) is 2.57. The summed E-state index contributed by atoms with van der Waals surface area (Å²) in [6.07, 6.45) is 4.62. The Labute approximate surface area is 112 Å². The molecule has 0 atom stereocenters. The lowest BCUT2D eigenvalue weighted by atomic mass is 10.1. The predicted octanol–water partition coefficient (Wildman–Crippen LogP) is 2.47. The minimum Gasteiger partial charge on any atom is -0.332 e. The van der Waals surface area contributed by atoms with Gasteiger partial charge in [-0.3, -0.25) is 0 Å². The summed E-state index contributed by atoms with van der Waals surface area (Å²) in [6.45, 7) is 7.48. The van der Waals surface area contributed by atoms with Gasteiger partial charge < -0.3 is 9.88 Å². The van der Waals surface area contributed by atoms with Gasteiger partial charge in [0, 0.05) is 30.9 Å². The van der Waals surface area contributed by atoms with Crippen LogP contribution in [0.25, 0.3) is 10.7 Å². The molecule has 0 aliphatic heterocycles. The van der Waals surface area contributed by atoms with Crippen LogP contribution in [0.2, 0.25) is 0 Å². The summed E-state index contributed by atoms with van der Waals surface area (Å²) in [6, 6.07) is 0. The van der Waals surface area contributed by atoms with Gasteiger partial charge in [-0.25, -0.2) is 9.97 Å². The molecule has 18 heavy (non-hydrogen) atoms. The van der Waals surface area contributed by atoms with Crippen molar-refractivity contribution in [1.29, 1.82) is 0 Å². The molecule has 2 aromatic rings. The third kappa shape index (κ3) is 3.40. The van der Waals surface area contributed by atoms with Gasteiger partial charge in [-0.1, -0.05) is 0 Å². The molecule has 0 aromatic carbocycles. The number of imidazole rings is 1. The molecule has 2 aromatic heterocycles. The third-order valence-corrected chi connectivity index (χ3v) is 3.54. The standard InChI is InChI=1S/C13H20N4S/c1-13(2,3)15-6-5-10-8-18-12(16-10)11-7-14-9-17(11)4/h7-9,15H,5-6H2,1-4H3. The van der Waals surface area contributed by atoms with Crippen molar-refractivity contribution in [1.82, 2.24) is 19.9 Å². The quantitative estimate of drug-likeness (QED) is 0.922. The van der Waals surface area contributed by atoms with E-state index >= 15 is 0 Å². The molecule has 0 saturated heterocycles. The molecule has 4 nitrogen and oxygen atoms in total. The summed E-state index contributed by atoms with van der Waals surface area (Å²) in [5, 5.41) is 6.65. The van der Waals surface area contributed by atoms with Crippen LogP contribution in [-0.2, 0) is 13.5 Å². The molecule has 0 unspecified atom stereocenters. The van der Waals surface area contributed by atoms with Crippen LogP contribution < -0.4 is 5.32 Å². The average Bonchev–Trinajstić information content (AvgIpc) is 2.84. The SMILES string of the molecule is Cn1cncc1-c1nc(CCNC(C)(C)C)cs1. The molecule has 2 rings (SSSR count). The Kier molecular flexibility index (Phi) is 3.82. The zero-order chi connectivity index (χ0) is 13.2. The smallest absolute Gasteiger partial charge is 0.141 e. The number of hydrogen-bond donors (Lipinski definition) is 1. The molecule has 98 valence electrons. The number of hydrogen-bond acceptors (Lipinski definition) is 4. The average molecular weight is 264 g/mol. The van der Waals surface area contributed by atoms with E-state index in [2.05, 4.69) is 41.4 Å². The van der Waals surface area contributed by atoms with Gasteiger partial charge in [0.1, 0.15) is 5.01 Å². The number of aryl methyl sites for hydroxylation is 1. The highest BCUT2D eigenvalue weighted by Crippen LogP contribution is 2.22. The molecule has 0 aliphatic rings. The lowest BCUT2D eigenvalue weighted by Gasteiger charge is -2.19. The van der Waals surface area contributed by atoms with Gasteiger partial charge in [0.2, 0.25) is 0 Å². The van der Waals surface area contributed by atoms with Gasteiger partial charge in [-0.2, -0.15) is 0 Å². The van der Waals surface area contributed by atoms with Crippen LogP contribution in [0.5, 0.6) is 0 Å². The second-order valence-corrected chi connectivity index (χ2v) is 6.32. The molecule has 0 spiro atoms. The first-order chi connectivity index (χ1) is 8.46. The van der Waals surface area contributed by atoms with Crippen molar-refractivity contribution in [2.45, 2.75) is 32.7 Å². The normalized spacial score (nSPS) is 12.0. The van der Waals surface area contributed by atoms with Gasteiger partial charge in [-0.05, 0) is 20.8 Å². The van der Waals surface area contributed by atoms with Crippen molar-refractivity contribution in [2.24, 2.45) is 7.05 Å². The molecule has 2 heterocycles. The van der Waals surface area contributed by atoms with Gasteiger partial charge >= 0.3 is 0 Å². The van der Waals surface area contributed by atoms with Crippen molar-refractivity contribution >= 4 is 11.3 Å². The monoisotopic (exact) mass is 264 g/mol. The molecule has 0 radical (unpaired) electrons. The first-order valence-corrected chi connectivity index (χ1v) is 7.00. The highest BCUT2D eigenvalue weighted by atomic mass is 32.1. The number of rotatable bonds is 4. The number of thiazole rings is 1. The Morgan fingerprint density at radius 1 is 1.39 bits per heavy atom. The molecule has 0 aliphatic carbocycles. The summed E-state index contributed by atoms with van der Waals surface area (Å²) in [5.41, 5.74) is 2.39. The minimum absolute atomic E-state index is 0.168. The van der Waals surface area contributed by atoms with E-state index in [0.717, 1.165) is 29.4 Å². The Bertz CT molecular complexity index is 507. The van der Waals surface area contributed by atoms with Crippen molar-refractivity contribution in [3.05, 3.63) is 23.6 Å². The topological polar surface area (TPSA) is 42.7 Å². The van der Waals surface area contributed by atoms with Crippen LogP contribution in [0.15, 0.2) is 17.9 Å². The van der Waals surface area contributed by atoms with E-state index in [9.17, 15) is 0 Å². The number of nitrogens with one attached hydrogen (secondary N) is 1. The summed E-state index contributed by atoms with van der Waals surface area (Å²) in [7, 11) is 1.99. The lowest BCUT2D eigenvalue weighted by molar-refractivity contribution is 0.429. The Balaban J connectivity index is 1.97. The van der Waals surface area contributed by atoms with E-state index in [1.54, 1.807) is 17.7 Å². The van der Waals surface area contributed by atoms with E-state index in [1.165, 1.54) is 0 Å². The molecule has 1 N–H and O–H groups in total. The molecule has 0 bridgehead atoms. The lowest BCUT2D eigenvalue weighted by Crippen LogP contribution is -2.37. The Morgan fingerprint density at radius 3 is 2.78 bits per heavy atom. The summed E-state index contributed by atoms with van der Waals surface area (Å²) in [5.74, 6) is 0. The van der Waals surface area contributed by atoms with Crippen molar-refractivity contribution in [3.8, 4) is 10.7 Å². The fourth-order valence-electron chi connectivity index (χ4n) is 1.67. The number of nitrogens with zero attached hydrogens (tertiary/aromatic N) is 3. The molecular formula is C13H20N4S. The maximum atomic E-state index is 4.65. The van der Waals surface area contributed by atoms with Crippen LogP contribution in [-0.4, -0.2) is 26.6 Å². The fraction of sp³-hybridized carbons (Fsp3) is 0.538. The number of aromatic nitrogens is 3. The molecule has 0 fully saturated rings. The van der Waals surface area contributed by atoms with Crippen LogP contribution in [0.1, 0.15) is 26.5 Å². The summed E-state index contributed by atoms with van der Waals surface area (Å²) < 4.78 is 2.00. The maximum absolute atomic E-state index is 4.65. The highest BCUT2D eigenvalue weighted by molar-refractivity contribution is 7.13. The van der Waals surface area contributed by atoms with Crippen molar-refractivity contribution in [2.75, 3.05) is 6.54 Å². The van der Waals surface area contributed by atoms with Crippen LogP contribution in [0, 0.1) is 0 Å². The largest absolute Gasteiger partial charge is 0.332 e. The molecular weight excluding hydrogens is 244 g/mol. The first kappa shape index (κ1) is 13.2. The maximum Gasteiger partial charge on any atom is 0.141 e. The Morgan fingerprint density at radius 2 is 2.17 bits per heavy atom. The summed E-state index contributed by atoms with van der Waals surface area (Å²) >= 11 is 1.68. The van der Waals surface area contributed by atoms with Crippen LogP contribution in [0.4, 0.5) is 0 Å². The van der Waals surface area contributed by atoms with Gasteiger partial charge in [-0.15, -0.1) is 11.3 Å². The second kappa shape index (κ2) is 5.20. The molecule has 5 heteroatoms. The Hall–Kier alpha value is -1.20. The summed E-state index contributed by atoms with van der Waals surface area (Å²) in [4.78, 5) is 8.77. The van der Waals surface area contributed by atoms with Crippen molar-refractivity contribution < 1.29 is 0 Å². The third-order valence-electron chi connectivity index (χ3n) is 2.62. The van der Waals surface area contributed by atoms with E-state index in [0.29, 0.717) is 0 Å². The van der Waals surface area contributed by atoms with Gasteiger partial charge in [0.15, 0.2) is 0 Å². The first-order valence-electron chi connectivity index (χ1n) is 6.12. The van der Waals surface area contributed by atoms with E-state index in [-0.39, 0.29) is 5.54 Å². The van der Waals surface area contributed by atoms with Gasteiger partial charge in [0.25, 0.3) is 0 Å². The predicted molar refractivity (Wildman–Crippen MR) is 75.8 cm³/mol. The van der Waals surface area contributed by atoms with Gasteiger partial charge in [0.05, 0.1) is 23.9 Å².